The van der Waals surface area contributed by atoms with Crippen molar-refractivity contribution in [2.75, 3.05) is 24.9 Å². The lowest BCUT2D eigenvalue weighted by molar-refractivity contribution is 0.0994. The maximum absolute atomic E-state index is 13.0. The molecule has 9 heteroatoms. The number of sulfone groups is 1. The first-order chi connectivity index (χ1) is 13.9. The number of rotatable bonds is 7. The molecule has 1 amide bonds. The van der Waals surface area contributed by atoms with E-state index >= 15 is 0 Å². The number of aryl methyl sites for hydroxylation is 1. The van der Waals surface area contributed by atoms with E-state index in [2.05, 4.69) is 4.99 Å². The van der Waals surface area contributed by atoms with Crippen LogP contribution >= 0.6 is 23.1 Å². The van der Waals surface area contributed by atoms with E-state index < -0.39 is 15.7 Å². The van der Waals surface area contributed by atoms with Crippen molar-refractivity contribution in [3.05, 3.63) is 52.8 Å². The molecule has 2 aromatic carbocycles. The quantitative estimate of drug-likeness (QED) is 0.550. The van der Waals surface area contributed by atoms with E-state index in [1.807, 2.05) is 29.0 Å². The minimum atomic E-state index is -3.53. The second-order valence-electron chi connectivity index (χ2n) is 6.18. The van der Waals surface area contributed by atoms with Crippen molar-refractivity contribution in [3.63, 3.8) is 0 Å². The number of thioether (sulfide) groups is 1. The molecule has 0 atom stereocenters. The summed E-state index contributed by atoms with van der Waals surface area (Å²) in [5.41, 5.74) is 1.06. The van der Waals surface area contributed by atoms with Crippen LogP contribution in [0.5, 0.6) is 5.75 Å². The van der Waals surface area contributed by atoms with Crippen LogP contribution in [-0.2, 0) is 16.4 Å². The number of carbonyl (C=O) groups excluding carboxylic acids is 1. The molecule has 0 aliphatic rings. The van der Waals surface area contributed by atoms with Crippen LogP contribution in [0.4, 0.5) is 0 Å². The molecule has 0 aliphatic carbocycles. The second kappa shape index (κ2) is 9.15. The molecule has 0 saturated carbocycles. The number of amides is 1. The lowest BCUT2D eigenvalue weighted by atomic mass is 10.2. The van der Waals surface area contributed by atoms with Gasteiger partial charge in [-0.15, -0.1) is 0 Å². The van der Waals surface area contributed by atoms with Crippen molar-refractivity contribution in [3.8, 4) is 5.75 Å². The Bertz CT molecular complexity index is 1210. The number of fused-ring (bicyclic) bond motifs is 1. The fourth-order valence-corrected chi connectivity index (χ4v) is 5.42. The van der Waals surface area contributed by atoms with Gasteiger partial charge in [-0.3, -0.25) is 4.79 Å². The fraction of sp³-hybridized carbons (Fsp3) is 0.300. The number of ether oxygens (including phenoxy) is 1. The molecule has 1 aromatic heterocycles. The van der Waals surface area contributed by atoms with E-state index in [0.29, 0.717) is 11.3 Å². The molecular formula is C20H22N2O4S3. The van der Waals surface area contributed by atoms with Crippen LogP contribution < -0.4 is 9.54 Å². The molecule has 3 aromatic rings. The number of aromatic nitrogens is 1. The van der Waals surface area contributed by atoms with E-state index in [1.165, 1.54) is 23.5 Å². The Kier molecular flexibility index (Phi) is 6.81. The van der Waals surface area contributed by atoms with E-state index in [9.17, 15) is 13.2 Å². The van der Waals surface area contributed by atoms with Crippen LogP contribution in [0.1, 0.15) is 17.3 Å². The Balaban J connectivity index is 2.16. The molecule has 154 valence electrons. The van der Waals surface area contributed by atoms with Gasteiger partial charge in [0.05, 0.1) is 33.5 Å². The van der Waals surface area contributed by atoms with Crippen LogP contribution in [0.25, 0.3) is 10.2 Å². The number of nitrogens with zero attached hydrogens (tertiary/aromatic N) is 2. The molecule has 0 spiro atoms. The summed E-state index contributed by atoms with van der Waals surface area (Å²) < 4.78 is 33.0. The van der Waals surface area contributed by atoms with Crippen molar-refractivity contribution < 1.29 is 17.9 Å². The highest BCUT2D eigenvalue weighted by Crippen LogP contribution is 2.24. The molecule has 0 aliphatic heterocycles. The van der Waals surface area contributed by atoms with Crippen molar-refractivity contribution in [2.24, 2.45) is 4.99 Å². The SMILES string of the molecule is CCS(=O)(=O)c1ccccc1C(=O)N=c1sc2cc(OC)ccc2n1CCSC. The molecule has 29 heavy (non-hydrogen) atoms. The molecule has 6 nitrogen and oxygen atoms in total. The third-order valence-electron chi connectivity index (χ3n) is 4.44. The van der Waals surface area contributed by atoms with Gasteiger partial charge in [-0.2, -0.15) is 16.8 Å². The largest absolute Gasteiger partial charge is 0.497 e. The summed E-state index contributed by atoms with van der Waals surface area (Å²) in [6.07, 6.45) is 2.02. The van der Waals surface area contributed by atoms with Gasteiger partial charge in [0.15, 0.2) is 14.6 Å². The first-order valence-corrected chi connectivity index (χ1v) is 12.8. The monoisotopic (exact) mass is 450 g/mol. The number of carbonyl (C=O) groups is 1. The maximum atomic E-state index is 13.0. The predicted molar refractivity (Wildman–Crippen MR) is 119 cm³/mol. The molecule has 0 saturated heterocycles. The third-order valence-corrected chi connectivity index (χ3v) is 7.86. The van der Waals surface area contributed by atoms with Crippen LogP contribution in [0.3, 0.4) is 0 Å². The summed E-state index contributed by atoms with van der Waals surface area (Å²) in [5.74, 6) is 0.954. The highest BCUT2D eigenvalue weighted by atomic mass is 32.2. The van der Waals surface area contributed by atoms with Crippen molar-refractivity contribution >= 4 is 49.1 Å². The zero-order valence-electron chi connectivity index (χ0n) is 16.4. The average molecular weight is 451 g/mol. The van der Waals surface area contributed by atoms with Gasteiger partial charge < -0.3 is 9.30 Å². The third kappa shape index (κ3) is 4.57. The van der Waals surface area contributed by atoms with Crippen molar-refractivity contribution in [1.82, 2.24) is 4.57 Å². The van der Waals surface area contributed by atoms with Gasteiger partial charge in [-0.1, -0.05) is 30.4 Å². The highest BCUT2D eigenvalue weighted by molar-refractivity contribution is 7.98. The highest BCUT2D eigenvalue weighted by Gasteiger charge is 2.20. The average Bonchev–Trinajstić information content (AvgIpc) is 3.07. The lowest BCUT2D eigenvalue weighted by Gasteiger charge is -2.06. The minimum Gasteiger partial charge on any atom is -0.497 e. The zero-order valence-corrected chi connectivity index (χ0v) is 18.9. The van der Waals surface area contributed by atoms with Crippen molar-refractivity contribution in [2.45, 2.75) is 18.4 Å². The van der Waals surface area contributed by atoms with Gasteiger partial charge in [-0.05, 0) is 36.6 Å². The van der Waals surface area contributed by atoms with Crippen LogP contribution in [-0.4, -0.2) is 43.8 Å². The Labute approximate surface area is 178 Å². The van der Waals surface area contributed by atoms with Gasteiger partial charge in [0, 0.05) is 12.3 Å². The molecule has 0 fully saturated rings. The topological polar surface area (TPSA) is 77.7 Å². The Hall–Kier alpha value is -2.10. The molecule has 0 unspecified atom stereocenters. The minimum absolute atomic E-state index is 0.0229. The zero-order chi connectivity index (χ0) is 21.0. The predicted octanol–water partition coefficient (Wildman–Crippen LogP) is 3.61. The van der Waals surface area contributed by atoms with Gasteiger partial charge >= 0.3 is 0 Å². The standard InChI is InChI=1S/C20H22N2O4S3/c1-4-29(24,25)18-8-6-5-7-15(18)19(23)21-20-22(11-12-27-3)16-10-9-14(26-2)13-17(16)28-20/h5-10,13H,4,11-12H2,1-3H3. The van der Waals surface area contributed by atoms with Crippen LogP contribution in [0.2, 0.25) is 0 Å². The second-order valence-corrected chi connectivity index (χ2v) is 10.4. The summed E-state index contributed by atoms with van der Waals surface area (Å²) in [6.45, 7) is 2.25. The van der Waals surface area contributed by atoms with Gasteiger partial charge in [0.25, 0.3) is 5.91 Å². The number of thiazole rings is 1. The molecular weight excluding hydrogens is 428 g/mol. The van der Waals surface area contributed by atoms with Gasteiger partial charge in [0.1, 0.15) is 5.75 Å². The normalized spacial score (nSPS) is 12.4. The molecule has 0 bridgehead atoms. The van der Waals surface area contributed by atoms with Gasteiger partial charge in [-0.25, -0.2) is 8.42 Å². The number of hydrogen-bond donors (Lipinski definition) is 0. The van der Waals surface area contributed by atoms with E-state index in [1.54, 1.807) is 37.9 Å². The summed E-state index contributed by atoms with van der Waals surface area (Å²) in [7, 11) is -1.92. The van der Waals surface area contributed by atoms with E-state index in [-0.39, 0.29) is 16.2 Å². The molecule has 1 heterocycles. The summed E-state index contributed by atoms with van der Waals surface area (Å²) in [6, 6.07) is 12.0. The Morgan fingerprint density at radius 1 is 1.24 bits per heavy atom. The van der Waals surface area contributed by atoms with Crippen LogP contribution in [0, 0.1) is 0 Å². The number of benzene rings is 2. The molecule has 3 rings (SSSR count). The van der Waals surface area contributed by atoms with E-state index in [4.69, 9.17) is 4.74 Å². The summed E-state index contributed by atoms with van der Waals surface area (Å²) in [4.78, 5) is 17.8. The van der Waals surface area contributed by atoms with Crippen molar-refractivity contribution in [1.29, 1.82) is 0 Å². The van der Waals surface area contributed by atoms with E-state index in [0.717, 1.165) is 21.7 Å². The van der Waals surface area contributed by atoms with Crippen LogP contribution in [0.15, 0.2) is 52.4 Å². The fourth-order valence-electron chi connectivity index (χ4n) is 2.88. The number of hydrogen-bond acceptors (Lipinski definition) is 6. The van der Waals surface area contributed by atoms with Gasteiger partial charge in [0.2, 0.25) is 0 Å². The summed E-state index contributed by atoms with van der Waals surface area (Å²) in [5, 5.41) is 0. The summed E-state index contributed by atoms with van der Waals surface area (Å²) >= 11 is 3.08. The number of methoxy groups -OCH3 is 1. The first kappa shape index (κ1) is 21.6. The Morgan fingerprint density at radius 2 is 2.00 bits per heavy atom. The molecule has 0 N–H and O–H groups in total. The smallest absolute Gasteiger partial charge is 0.280 e. The lowest BCUT2D eigenvalue weighted by Crippen LogP contribution is -2.19. The Morgan fingerprint density at radius 3 is 2.69 bits per heavy atom. The first-order valence-electron chi connectivity index (χ1n) is 8.98. The maximum Gasteiger partial charge on any atom is 0.280 e. The molecule has 0 radical (unpaired) electrons.